The van der Waals surface area contributed by atoms with E-state index in [2.05, 4.69) is 32.8 Å². The number of allylic oxidation sites excluding steroid dienone is 4. The number of terminal acetylenes is 1. The summed E-state index contributed by atoms with van der Waals surface area (Å²) in [6, 6.07) is 0. The second-order valence-corrected chi connectivity index (χ2v) is 9.68. The van der Waals surface area contributed by atoms with Gasteiger partial charge in [-0.15, -0.1) is 6.42 Å². The maximum atomic E-state index is 12.6. The van der Waals surface area contributed by atoms with Crippen molar-refractivity contribution in [1.82, 2.24) is 0 Å². The second-order valence-electron chi connectivity index (χ2n) is 9.68. The summed E-state index contributed by atoms with van der Waals surface area (Å²) in [6.07, 6.45) is 15.9. The number of carbonyl (C=O) groups excluding carboxylic acids is 2. The molecule has 0 aromatic carbocycles. The number of rotatable bonds is 1. The largest absolute Gasteiger partial charge is 0.298 e. The summed E-state index contributed by atoms with van der Waals surface area (Å²) in [5.41, 5.74) is 1.94. The van der Waals surface area contributed by atoms with Gasteiger partial charge in [0.15, 0.2) is 5.78 Å². The smallest absolute Gasteiger partial charge is 0.156 e. The minimum Gasteiger partial charge on any atom is -0.298 e. The monoisotopic (exact) mass is 350 g/mol. The van der Waals surface area contributed by atoms with Gasteiger partial charge in [0.25, 0.3) is 0 Å². The molecule has 0 aromatic rings. The first-order chi connectivity index (χ1) is 12.2. The van der Waals surface area contributed by atoms with Gasteiger partial charge in [-0.2, -0.15) is 0 Å². The van der Waals surface area contributed by atoms with Crippen LogP contribution in [0.3, 0.4) is 0 Å². The molecule has 0 amide bonds. The Bertz CT molecular complexity index is 794. The molecule has 26 heavy (non-hydrogen) atoms. The van der Waals surface area contributed by atoms with Crippen LogP contribution in [0.2, 0.25) is 0 Å². The molecule has 0 spiro atoms. The van der Waals surface area contributed by atoms with Crippen molar-refractivity contribution < 1.29 is 9.59 Å². The fraction of sp³-hybridized carbons (Fsp3) is 0.667. The first-order valence-electron chi connectivity index (χ1n) is 10.1. The van der Waals surface area contributed by atoms with Gasteiger partial charge in [0.2, 0.25) is 0 Å². The Hall–Kier alpha value is -1.62. The van der Waals surface area contributed by atoms with E-state index in [9.17, 15) is 9.59 Å². The van der Waals surface area contributed by atoms with Gasteiger partial charge >= 0.3 is 0 Å². The van der Waals surface area contributed by atoms with Crippen LogP contribution in [0.4, 0.5) is 0 Å². The Labute approximate surface area is 157 Å². The van der Waals surface area contributed by atoms with Gasteiger partial charge in [-0.1, -0.05) is 31.4 Å². The molecule has 2 saturated carbocycles. The highest BCUT2D eigenvalue weighted by Crippen LogP contribution is 2.69. The fourth-order valence-electron chi connectivity index (χ4n) is 7.37. The summed E-state index contributed by atoms with van der Waals surface area (Å²) < 4.78 is 0. The molecule has 0 N–H and O–H groups in total. The van der Waals surface area contributed by atoms with Crippen LogP contribution in [-0.2, 0) is 9.59 Å². The number of hydrogen-bond donors (Lipinski definition) is 0. The van der Waals surface area contributed by atoms with Crippen LogP contribution in [0.1, 0.15) is 66.2 Å². The predicted molar refractivity (Wildman–Crippen MR) is 103 cm³/mol. The summed E-state index contributed by atoms with van der Waals surface area (Å²) in [4.78, 5) is 24.6. The molecule has 0 heterocycles. The maximum absolute atomic E-state index is 12.6. The molecule has 0 aliphatic heterocycles. The van der Waals surface area contributed by atoms with E-state index in [4.69, 9.17) is 6.42 Å². The molecular formula is C24H30O2. The molecule has 0 bridgehead atoms. The molecule has 0 aromatic heterocycles. The summed E-state index contributed by atoms with van der Waals surface area (Å²) in [5, 5.41) is 0. The Balaban J connectivity index is 1.82. The Kier molecular flexibility index (Phi) is 3.72. The molecule has 0 radical (unpaired) electrons. The van der Waals surface area contributed by atoms with Crippen molar-refractivity contribution in [3.05, 3.63) is 23.3 Å². The summed E-state index contributed by atoms with van der Waals surface area (Å²) in [5.74, 6) is 4.91. The zero-order chi connectivity index (χ0) is 18.9. The SMILES string of the molecule is C#C[C@]1(C(C)=O)CC[C@H]2[C@@H]3C=C(C)C4=CC(=O)CC[C@]4(C)[C@H]3CC[C@@]21C. The molecular weight excluding hydrogens is 320 g/mol. The molecule has 2 heteroatoms. The van der Waals surface area contributed by atoms with E-state index in [1.165, 1.54) is 11.1 Å². The van der Waals surface area contributed by atoms with Crippen LogP contribution < -0.4 is 0 Å². The summed E-state index contributed by atoms with van der Waals surface area (Å²) in [6.45, 7) is 8.51. The highest BCUT2D eigenvalue weighted by atomic mass is 16.1. The lowest BCUT2D eigenvalue weighted by Crippen LogP contribution is -2.53. The van der Waals surface area contributed by atoms with Crippen molar-refractivity contribution in [2.75, 3.05) is 0 Å². The molecule has 0 unspecified atom stereocenters. The zero-order valence-corrected chi connectivity index (χ0v) is 16.5. The summed E-state index contributed by atoms with van der Waals surface area (Å²) in [7, 11) is 0. The van der Waals surface area contributed by atoms with E-state index in [1.807, 2.05) is 6.08 Å². The molecule has 0 saturated heterocycles. The van der Waals surface area contributed by atoms with E-state index < -0.39 is 5.41 Å². The zero-order valence-electron chi connectivity index (χ0n) is 16.5. The Morgan fingerprint density at radius 3 is 2.54 bits per heavy atom. The van der Waals surface area contributed by atoms with Gasteiger partial charge in [-0.25, -0.2) is 0 Å². The van der Waals surface area contributed by atoms with E-state index in [0.717, 1.165) is 32.1 Å². The van der Waals surface area contributed by atoms with Crippen LogP contribution in [-0.4, -0.2) is 11.6 Å². The van der Waals surface area contributed by atoms with Gasteiger partial charge in [0.05, 0.1) is 5.41 Å². The van der Waals surface area contributed by atoms with E-state index in [1.54, 1.807) is 6.92 Å². The first kappa shape index (κ1) is 17.8. The minimum absolute atomic E-state index is 0.0936. The molecule has 4 aliphatic rings. The van der Waals surface area contributed by atoms with Gasteiger partial charge in [0.1, 0.15) is 5.78 Å². The average Bonchev–Trinajstić information content (AvgIpc) is 2.90. The number of carbonyl (C=O) groups is 2. The Morgan fingerprint density at radius 1 is 1.19 bits per heavy atom. The van der Waals surface area contributed by atoms with Crippen molar-refractivity contribution in [1.29, 1.82) is 0 Å². The Morgan fingerprint density at radius 2 is 1.88 bits per heavy atom. The van der Waals surface area contributed by atoms with Crippen molar-refractivity contribution in [2.45, 2.75) is 66.2 Å². The molecule has 138 valence electrons. The molecule has 2 nitrogen and oxygen atoms in total. The molecule has 6 atom stereocenters. The third-order valence-corrected chi connectivity index (χ3v) is 8.87. The third-order valence-electron chi connectivity index (χ3n) is 8.87. The number of Topliss-reactive ketones (excluding diaryl/α,β-unsaturated/α-hetero) is 1. The lowest BCUT2D eigenvalue weighted by atomic mass is 9.45. The lowest BCUT2D eigenvalue weighted by molar-refractivity contribution is -0.132. The first-order valence-corrected chi connectivity index (χ1v) is 10.1. The fourth-order valence-corrected chi connectivity index (χ4v) is 7.37. The second kappa shape index (κ2) is 5.44. The number of ketones is 2. The van der Waals surface area contributed by atoms with Gasteiger partial charge < -0.3 is 0 Å². The topological polar surface area (TPSA) is 34.1 Å². The van der Waals surface area contributed by atoms with Crippen LogP contribution in [0.15, 0.2) is 23.3 Å². The van der Waals surface area contributed by atoms with Gasteiger partial charge in [-0.3, -0.25) is 9.59 Å². The van der Waals surface area contributed by atoms with Gasteiger partial charge in [-0.05, 0) is 86.2 Å². The van der Waals surface area contributed by atoms with E-state index in [-0.39, 0.29) is 22.4 Å². The van der Waals surface area contributed by atoms with Crippen molar-refractivity contribution >= 4 is 11.6 Å². The number of hydrogen-bond acceptors (Lipinski definition) is 2. The van der Waals surface area contributed by atoms with Crippen molar-refractivity contribution in [2.24, 2.45) is 34.0 Å². The third kappa shape index (κ3) is 1.95. The normalized spacial score (nSPS) is 47.0. The number of fused-ring (bicyclic) bond motifs is 5. The molecule has 2 fully saturated rings. The molecule has 4 aliphatic carbocycles. The van der Waals surface area contributed by atoms with Crippen LogP contribution >= 0.6 is 0 Å². The standard InChI is InChI=1S/C24H30O2/c1-6-24(16(3)25)12-9-20-18-13-15(2)21-14-17(26)7-10-22(21,4)19(18)8-11-23(20,24)5/h1,13-14,18-20H,7-12H2,2-5H3/t18-,19+,20+,22-,23+,24-/m1/s1. The maximum Gasteiger partial charge on any atom is 0.156 e. The minimum atomic E-state index is -0.593. The van der Waals surface area contributed by atoms with E-state index in [0.29, 0.717) is 24.2 Å². The van der Waals surface area contributed by atoms with Crippen molar-refractivity contribution in [3.63, 3.8) is 0 Å². The highest BCUT2D eigenvalue weighted by Gasteiger charge is 2.65. The van der Waals surface area contributed by atoms with Gasteiger partial charge in [0, 0.05) is 6.42 Å². The quantitative estimate of drug-likeness (QED) is 0.631. The van der Waals surface area contributed by atoms with Crippen molar-refractivity contribution in [3.8, 4) is 12.3 Å². The summed E-state index contributed by atoms with van der Waals surface area (Å²) >= 11 is 0. The van der Waals surface area contributed by atoms with Crippen LogP contribution in [0.25, 0.3) is 0 Å². The van der Waals surface area contributed by atoms with Crippen LogP contribution in [0.5, 0.6) is 0 Å². The van der Waals surface area contributed by atoms with E-state index >= 15 is 0 Å². The molecule has 4 rings (SSSR count). The average molecular weight is 351 g/mol. The lowest BCUT2D eigenvalue weighted by Gasteiger charge is -2.58. The highest BCUT2D eigenvalue weighted by molar-refractivity contribution is 5.92. The van der Waals surface area contributed by atoms with Crippen LogP contribution in [0, 0.1) is 46.3 Å². The predicted octanol–water partition coefficient (Wildman–Crippen LogP) is 4.89.